The summed E-state index contributed by atoms with van der Waals surface area (Å²) in [7, 11) is 0. The van der Waals surface area contributed by atoms with E-state index in [1.807, 2.05) is 4.90 Å². The Morgan fingerprint density at radius 3 is 2.47 bits per heavy atom. The van der Waals surface area contributed by atoms with E-state index in [9.17, 15) is 18.0 Å². The Bertz CT molecular complexity index is 897. The van der Waals surface area contributed by atoms with E-state index < -0.39 is 11.7 Å². The maximum atomic E-state index is 13.4. The molecule has 1 amide bonds. The van der Waals surface area contributed by atoms with Gasteiger partial charge in [-0.1, -0.05) is 24.3 Å². The van der Waals surface area contributed by atoms with Crippen LogP contribution in [0.15, 0.2) is 47.2 Å². The monoisotopic (exact) mass is 439 g/mol. The number of hydrogen-bond acceptors (Lipinski definition) is 3. The van der Waals surface area contributed by atoms with Crippen molar-refractivity contribution in [3.63, 3.8) is 0 Å². The van der Waals surface area contributed by atoms with Crippen molar-refractivity contribution in [2.24, 2.45) is 11.8 Å². The molecule has 2 N–H and O–H groups in total. The van der Waals surface area contributed by atoms with E-state index in [-0.39, 0.29) is 36.1 Å². The van der Waals surface area contributed by atoms with Crippen molar-refractivity contribution in [3.05, 3.63) is 58.3 Å². The van der Waals surface area contributed by atoms with Crippen LogP contribution in [0.2, 0.25) is 0 Å². The van der Waals surface area contributed by atoms with Crippen LogP contribution in [0.3, 0.4) is 0 Å². The highest BCUT2D eigenvalue weighted by Crippen LogP contribution is 2.49. The van der Waals surface area contributed by atoms with E-state index in [0.717, 1.165) is 12.1 Å². The van der Waals surface area contributed by atoms with Crippen LogP contribution < -0.4 is 10.6 Å². The first kappa shape index (κ1) is 21.2. The fraction of sp³-hybridized carbons (Fsp3) is 0.500. The van der Waals surface area contributed by atoms with Gasteiger partial charge in [0, 0.05) is 32.7 Å². The summed E-state index contributed by atoms with van der Waals surface area (Å²) in [5, 5.41) is 6.53. The smallest absolute Gasteiger partial charge is 0.376 e. The molecule has 0 bridgehead atoms. The lowest BCUT2D eigenvalue weighted by Crippen LogP contribution is -2.35. The van der Waals surface area contributed by atoms with Gasteiger partial charge in [-0.3, -0.25) is 4.79 Å². The lowest BCUT2D eigenvalue weighted by Gasteiger charge is -2.22. The topological polar surface area (TPSA) is 44.4 Å². The van der Waals surface area contributed by atoms with Gasteiger partial charge in [-0.2, -0.15) is 13.2 Å². The van der Waals surface area contributed by atoms with Crippen molar-refractivity contribution in [3.8, 4) is 0 Å². The molecule has 0 aromatic heterocycles. The largest absolute Gasteiger partial charge is 0.416 e. The van der Waals surface area contributed by atoms with Gasteiger partial charge in [0.05, 0.1) is 5.56 Å². The van der Waals surface area contributed by atoms with Gasteiger partial charge in [-0.05, 0) is 53.4 Å². The third-order valence-electron chi connectivity index (χ3n) is 6.90. The zero-order valence-corrected chi connectivity index (χ0v) is 17.3. The predicted octanol–water partition coefficient (Wildman–Crippen LogP) is 3.47. The third-order valence-corrected chi connectivity index (χ3v) is 6.90. The Balaban J connectivity index is 0.00000218. The van der Waals surface area contributed by atoms with Crippen LogP contribution in [-0.4, -0.2) is 43.5 Å². The van der Waals surface area contributed by atoms with Gasteiger partial charge in [0.1, 0.15) is 5.70 Å². The lowest BCUT2D eigenvalue weighted by atomic mass is 9.91. The number of likely N-dealkylation sites (tertiary alicyclic amines) is 1. The number of nitrogens with one attached hydrogen (secondary N) is 2. The van der Waals surface area contributed by atoms with Crippen molar-refractivity contribution >= 4 is 18.3 Å². The van der Waals surface area contributed by atoms with E-state index in [1.54, 1.807) is 12.1 Å². The van der Waals surface area contributed by atoms with Gasteiger partial charge in [0.2, 0.25) is 0 Å². The van der Waals surface area contributed by atoms with E-state index in [0.29, 0.717) is 50.3 Å². The molecule has 5 rings (SSSR count). The molecule has 0 radical (unpaired) electrons. The average Bonchev–Trinajstić information content (AvgIpc) is 3.39. The van der Waals surface area contributed by atoms with E-state index in [4.69, 9.17) is 0 Å². The zero-order chi connectivity index (χ0) is 20.2. The standard InChI is InChI=1S/C22H24F3N3O.ClH/c23-22(24,25)19-4-2-1-3-17(19)14-7-15-11-28(12-16(15)8-14)21(29)20-18-10-26-6-5-13(18)9-27-20;/h1-5,14-16,26-27H,6-12H2;1H/t14-,15+,16-;. The van der Waals surface area contributed by atoms with Gasteiger partial charge < -0.3 is 15.5 Å². The highest BCUT2D eigenvalue weighted by Gasteiger charge is 2.45. The summed E-state index contributed by atoms with van der Waals surface area (Å²) in [5.74, 6) is 0.506. The molecule has 3 heterocycles. The molecule has 4 nitrogen and oxygen atoms in total. The Labute approximate surface area is 180 Å². The highest BCUT2D eigenvalue weighted by molar-refractivity contribution is 5.95. The summed E-state index contributed by atoms with van der Waals surface area (Å²) in [6, 6.07) is 5.95. The van der Waals surface area contributed by atoms with Crippen LogP contribution in [0.25, 0.3) is 0 Å². The summed E-state index contributed by atoms with van der Waals surface area (Å²) >= 11 is 0. The second-order valence-corrected chi connectivity index (χ2v) is 8.55. The molecule has 4 aliphatic rings. The van der Waals surface area contributed by atoms with Crippen LogP contribution in [0.5, 0.6) is 0 Å². The van der Waals surface area contributed by atoms with E-state index >= 15 is 0 Å². The fourth-order valence-corrected chi connectivity index (χ4v) is 5.54. The summed E-state index contributed by atoms with van der Waals surface area (Å²) in [6.07, 6.45) is -0.772. The van der Waals surface area contributed by atoms with Gasteiger partial charge in [-0.25, -0.2) is 0 Å². The number of carbonyl (C=O) groups is 1. The van der Waals surface area contributed by atoms with E-state index in [1.165, 1.54) is 17.7 Å². The SMILES string of the molecule is Cl.O=C(C1=C2CNCC=C2CN1)N1C[C@H]2C[C@H](c3ccccc3C(F)(F)F)C[C@H]2C1. The van der Waals surface area contributed by atoms with Crippen molar-refractivity contribution in [2.45, 2.75) is 24.9 Å². The zero-order valence-electron chi connectivity index (χ0n) is 16.5. The number of hydrogen-bond donors (Lipinski definition) is 2. The van der Waals surface area contributed by atoms with E-state index in [2.05, 4.69) is 16.7 Å². The summed E-state index contributed by atoms with van der Waals surface area (Å²) in [4.78, 5) is 15.0. The van der Waals surface area contributed by atoms with Crippen molar-refractivity contribution in [2.75, 3.05) is 32.7 Å². The third kappa shape index (κ3) is 3.62. The Kier molecular flexibility index (Phi) is 5.62. The summed E-state index contributed by atoms with van der Waals surface area (Å²) < 4.78 is 40.2. The summed E-state index contributed by atoms with van der Waals surface area (Å²) in [5.41, 5.74) is 2.87. The molecule has 8 heteroatoms. The molecule has 2 fully saturated rings. The Morgan fingerprint density at radius 2 is 1.77 bits per heavy atom. The Morgan fingerprint density at radius 1 is 1.07 bits per heavy atom. The first-order chi connectivity index (χ1) is 13.9. The average molecular weight is 440 g/mol. The fourth-order valence-electron chi connectivity index (χ4n) is 5.54. The van der Waals surface area contributed by atoms with Gasteiger partial charge >= 0.3 is 6.18 Å². The molecule has 1 saturated heterocycles. The minimum absolute atomic E-state index is 0. The second-order valence-electron chi connectivity index (χ2n) is 8.55. The first-order valence-electron chi connectivity index (χ1n) is 10.2. The second kappa shape index (κ2) is 7.93. The number of amides is 1. The van der Waals surface area contributed by atoms with Crippen molar-refractivity contribution < 1.29 is 18.0 Å². The van der Waals surface area contributed by atoms with Crippen LogP contribution in [0.1, 0.15) is 29.9 Å². The highest BCUT2D eigenvalue weighted by atomic mass is 35.5. The van der Waals surface area contributed by atoms with Gasteiger partial charge in [0.25, 0.3) is 5.91 Å². The minimum atomic E-state index is -4.32. The number of alkyl halides is 3. The number of halogens is 4. The molecule has 3 aliphatic heterocycles. The number of rotatable bonds is 2. The van der Waals surface area contributed by atoms with Crippen LogP contribution in [0.4, 0.5) is 13.2 Å². The molecular weight excluding hydrogens is 415 g/mol. The number of fused-ring (bicyclic) bond motifs is 2. The summed E-state index contributed by atoms with van der Waals surface area (Å²) in [6.45, 7) is 3.51. The normalized spacial score (nSPS) is 27.9. The van der Waals surface area contributed by atoms with Crippen LogP contribution >= 0.6 is 12.4 Å². The molecular formula is C22H25ClF3N3O. The van der Waals surface area contributed by atoms with Gasteiger partial charge in [-0.15, -0.1) is 12.4 Å². The maximum Gasteiger partial charge on any atom is 0.416 e. The number of nitrogens with zero attached hydrogens (tertiary/aromatic N) is 1. The number of benzene rings is 1. The molecule has 1 aliphatic carbocycles. The first-order valence-corrected chi connectivity index (χ1v) is 10.2. The van der Waals surface area contributed by atoms with Crippen LogP contribution in [0, 0.1) is 11.8 Å². The minimum Gasteiger partial charge on any atom is -0.376 e. The molecule has 1 aromatic rings. The van der Waals surface area contributed by atoms with Crippen LogP contribution in [-0.2, 0) is 11.0 Å². The molecule has 1 aromatic carbocycles. The Hall–Kier alpha value is -1.99. The molecule has 162 valence electrons. The molecule has 0 unspecified atom stereocenters. The molecule has 3 atom stereocenters. The van der Waals surface area contributed by atoms with Gasteiger partial charge in [0.15, 0.2) is 0 Å². The van der Waals surface area contributed by atoms with Crippen molar-refractivity contribution in [1.82, 2.24) is 15.5 Å². The predicted molar refractivity (Wildman–Crippen MR) is 110 cm³/mol. The quantitative estimate of drug-likeness (QED) is 0.741. The van der Waals surface area contributed by atoms with Crippen molar-refractivity contribution in [1.29, 1.82) is 0 Å². The molecule has 30 heavy (non-hydrogen) atoms. The number of carbonyl (C=O) groups excluding carboxylic acids is 1. The maximum absolute atomic E-state index is 13.4. The molecule has 0 spiro atoms. The molecule has 1 saturated carbocycles. The lowest BCUT2D eigenvalue weighted by molar-refractivity contribution is -0.138.